The monoisotopic (exact) mass is 425 g/mol. The van der Waals surface area contributed by atoms with E-state index in [2.05, 4.69) is 77.6 Å². The van der Waals surface area contributed by atoms with Crippen molar-refractivity contribution < 1.29 is 4.79 Å². The third-order valence-electron chi connectivity index (χ3n) is 6.37. The highest BCUT2D eigenvalue weighted by Gasteiger charge is 2.26. The fourth-order valence-corrected chi connectivity index (χ4v) is 4.33. The van der Waals surface area contributed by atoms with Crippen LogP contribution in [-0.2, 0) is 11.3 Å². The minimum Gasteiger partial charge on any atom is -0.364 e. The Balaban J connectivity index is 1.50. The molecule has 170 valence electrons. The van der Waals surface area contributed by atoms with Gasteiger partial charge in [-0.25, -0.2) is 4.99 Å². The molecular formula is C25H39N5O. The van der Waals surface area contributed by atoms with Gasteiger partial charge in [0.15, 0.2) is 5.96 Å². The van der Waals surface area contributed by atoms with Crippen molar-refractivity contribution in [2.24, 2.45) is 10.9 Å². The lowest BCUT2D eigenvalue weighted by atomic mass is 9.98. The second kappa shape index (κ2) is 11.8. The number of hydrogen-bond acceptors (Lipinski definition) is 3. The van der Waals surface area contributed by atoms with E-state index in [1.54, 1.807) is 0 Å². The maximum atomic E-state index is 12.6. The molecule has 2 aliphatic rings. The predicted molar refractivity (Wildman–Crippen MR) is 129 cm³/mol. The number of amides is 1. The van der Waals surface area contributed by atoms with Crippen LogP contribution in [0.25, 0.3) is 0 Å². The molecule has 3 rings (SSSR count). The van der Waals surface area contributed by atoms with Crippen LogP contribution in [0.3, 0.4) is 0 Å². The highest BCUT2D eigenvalue weighted by Crippen LogP contribution is 2.19. The zero-order valence-electron chi connectivity index (χ0n) is 19.4. The summed E-state index contributed by atoms with van der Waals surface area (Å²) in [4.78, 5) is 21.8. The molecule has 6 nitrogen and oxygen atoms in total. The van der Waals surface area contributed by atoms with E-state index in [0.29, 0.717) is 18.5 Å². The predicted octanol–water partition coefficient (Wildman–Crippen LogP) is 3.55. The Kier molecular flexibility index (Phi) is 8.80. The van der Waals surface area contributed by atoms with Gasteiger partial charge in [0.25, 0.3) is 0 Å². The zero-order valence-corrected chi connectivity index (χ0v) is 19.4. The number of benzene rings is 1. The van der Waals surface area contributed by atoms with Crippen molar-refractivity contribution >= 4 is 17.6 Å². The maximum Gasteiger partial charge on any atom is 0.225 e. The molecule has 2 aliphatic heterocycles. The molecule has 31 heavy (non-hydrogen) atoms. The van der Waals surface area contributed by atoms with Crippen molar-refractivity contribution in [1.82, 2.24) is 15.5 Å². The van der Waals surface area contributed by atoms with Crippen molar-refractivity contribution in [1.29, 1.82) is 0 Å². The molecule has 6 heteroatoms. The molecular weight excluding hydrogens is 386 g/mol. The van der Waals surface area contributed by atoms with Crippen LogP contribution in [0.15, 0.2) is 41.4 Å². The molecule has 0 radical (unpaired) electrons. The van der Waals surface area contributed by atoms with Gasteiger partial charge in [-0.1, -0.05) is 38.1 Å². The number of hydrogen-bond donors (Lipinski definition) is 2. The van der Waals surface area contributed by atoms with Gasteiger partial charge >= 0.3 is 0 Å². The standard InChI is InChI=1S/C25H39N5O/c1-4-21(5-2)24(31)30-17-13-22(14-18-30)28-25(26-6-3)27-19-20-9-11-23(12-10-20)29-15-7-8-16-29/h7-12,21-22H,4-6,13-19H2,1-3H3,(H2,26,27,28). The van der Waals surface area contributed by atoms with E-state index in [9.17, 15) is 4.79 Å². The molecule has 2 heterocycles. The van der Waals surface area contributed by atoms with E-state index in [-0.39, 0.29) is 5.92 Å². The molecule has 1 amide bonds. The van der Waals surface area contributed by atoms with E-state index in [0.717, 1.165) is 64.4 Å². The molecule has 0 aliphatic carbocycles. The van der Waals surface area contributed by atoms with Crippen molar-refractivity contribution in [3.63, 3.8) is 0 Å². The van der Waals surface area contributed by atoms with Crippen LogP contribution >= 0.6 is 0 Å². The van der Waals surface area contributed by atoms with Gasteiger partial charge in [0.2, 0.25) is 5.91 Å². The van der Waals surface area contributed by atoms with Gasteiger partial charge in [-0.05, 0) is 50.3 Å². The van der Waals surface area contributed by atoms with Crippen LogP contribution in [0.2, 0.25) is 0 Å². The van der Waals surface area contributed by atoms with Crippen LogP contribution in [-0.4, -0.2) is 55.5 Å². The number of carbonyl (C=O) groups is 1. The summed E-state index contributed by atoms with van der Waals surface area (Å²) in [7, 11) is 0. The van der Waals surface area contributed by atoms with Gasteiger partial charge in [-0.2, -0.15) is 0 Å². The number of piperidine rings is 1. The van der Waals surface area contributed by atoms with Gasteiger partial charge in [-0.15, -0.1) is 0 Å². The molecule has 1 fully saturated rings. The third kappa shape index (κ3) is 6.49. The SMILES string of the molecule is CCNC(=NCc1ccc(N2CC=CC2)cc1)NC1CCN(C(=O)C(CC)CC)CC1. The summed E-state index contributed by atoms with van der Waals surface area (Å²) in [6, 6.07) is 9.06. The maximum absolute atomic E-state index is 12.6. The van der Waals surface area contributed by atoms with E-state index in [1.807, 2.05) is 0 Å². The Labute approximate surface area is 187 Å². The number of rotatable bonds is 8. The first-order valence-electron chi connectivity index (χ1n) is 12.0. The summed E-state index contributed by atoms with van der Waals surface area (Å²) in [5.41, 5.74) is 2.47. The van der Waals surface area contributed by atoms with Crippen LogP contribution in [0.1, 0.15) is 52.0 Å². The number of anilines is 1. The first-order chi connectivity index (χ1) is 15.1. The number of nitrogens with one attached hydrogen (secondary N) is 2. The minimum atomic E-state index is 0.177. The number of carbonyl (C=O) groups excluding carboxylic acids is 1. The molecule has 0 spiro atoms. The first kappa shape index (κ1) is 23.2. The average Bonchev–Trinajstić information content (AvgIpc) is 3.34. The largest absolute Gasteiger partial charge is 0.364 e. The lowest BCUT2D eigenvalue weighted by Crippen LogP contribution is -2.50. The van der Waals surface area contributed by atoms with Crippen LogP contribution in [0, 0.1) is 5.92 Å². The lowest BCUT2D eigenvalue weighted by Gasteiger charge is -2.34. The summed E-state index contributed by atoms with van der Waals surface area (Å²) in [5, 5.41) is 6.95. The summed E-state index contributed by atoms with van der Waals surface area (Å²) in [6.45, 7) is 11.4. The second-order valence-corrected chi connectivity index (χ2v) is 8.50. The number of guanidine groups is 1. The van der Waals surface area contributed by atoms with Crippen LogP contribution < -0.4 is 15.5 Å². The van der Waals surface area contributed by atoms with Crippen molar-refractivity contribution in [3.8, 4) is 0 Å². The lowest BCUT2D eigenvalue weighted by molar-refractivity contribution is -0.136. The van der Waals surface area contributed by atoms with Crippen LogP contribution in [0.4, 0.5) is 5.69 Å². The summed E-state index contributed by atoms with van der Waals surface area (Å²) < 4.78 is 0. The molecule has 0 bridgehead atoms. The van der Waals surface area contributed by atoms with E-state index < -0.39 is 0 Å². The minimum absolute atomic E-state index is 0.177. The quantitative estimate of drug-likeness (QED) is 0.380. The smallest absolute Gasteiger partial charge is 0.225 e. The van der Waals surface area contributed by atoms with E-state index >= 15 is 0 Å². The van der Waals surface area contributed by atoms with Crippen molar-refractivity contribution in [2.75, 3.05) is 37.6 Å². The Bertz CT molecular complexity index is 738. The summed E-state index contributed by atoms with van der Waals surface area (Å²) in [6.07, 6.45) is 8.21. The Morgan fingerprint density at radius 2 is 1.71 bits per heavy atom. The number of nitrogens with zero attached hydrogens (tertiary/aromatic N) is 3. The number of likely N-dealkylation sites (tertiary alicyclic amines) is 1. The molecule has 0 unspecified atom stereocenters. The van der Waals surface area contributed by atoms with Gasteiger partial charge < -0.3 is 20.4 Å². The zero-order chi connectivity index (χ0) is 22.1. The topological polar surface area (TPSA) is 60.0 Å². The Morgan fingerprint density at radius 3 is 2.29 bits per heavy atom. The molecule has 1 aromatic rings. The third-order valence-corrected chi connectivity index (χ3v) is 6.37. The van der Waals surface area contributed by atoms with Gasteiger partial charge in [0.1, 0.15) is 0 Å². The normalized spacial score (nSPS) is 17.5. The van der Waals surface area contributed by atoms with E-state index in [4.69, 9.17) is 4.99 Å². The summed E-state index contributed by atoms with van der Waals surface area (Å²) >= 11 is 0. The number of aliphatic imine (C=N–C) groups is 1. The van der Waals surface area contributed by atoms with E-state index in [1.165, 1.54) is 11.3 Å². The second-order valence-electron chi connectivity index (χ2n) is 8.50. The Morgan fingerprint density at radius 1 is 1.06 bits per heavy atom. The fraction of sp³-hybridized carbons (Fsp3) is 0.600. The van der Waals surface area contributed by atoms with Crippen LogP contribution in [0.5, 0.6) is 0 Å². The summed E-state index contributed by atoms with van der Waals surface area (Å²) in [5.74, 6) is 1.37. The molecule has 0 saturated carbocycles. The Hall–Kier alpha value is -2.50. The molecule has 0 atom stereocenters. The molecule has 1 saturated heterocycles. The fourth-order valence-electron chi connectivity index (χ4n) is 4.33. The van der Waals surface area contributed by atoms with Gasteiger partial charge in [-0.3, -0.25) is 4.79 Å². The van der Waals surface area contributed by atoms with Gasteiger partial charge in [0.05, 0.1) is 6.54 Å². The van der Waals surface area contributed by atoms with Crippen molar-refractivity contribution in [3.05, 3.63) is 42.0 Å². The molecule has 1 aromatic carbocycles. The first-order valence-corrected chi connectivity index (χ1v) is 12.0. The highest BCUT2D eigenvalue weighted by atomic mass is 16.2. The van der Waals surface area contributed by atoms with Crippen molar-refractivity contribution in [2.45, 2.75) is 59.0 Å². The molecule has 2 N–H and O–H groups in total. The molecule has 0 aromatic heterocycles. The van der Waals surface area contributed by atoms with Gasteiger partial charge in [0, 0.05) is 50.4 Å². The highest BCUT2D eigenvalue weighted by molar-refractivity contribution is 5.80. The average molecular weight is 426 g/mol.